The van der Waals surface area contributed by atoms with Crippen LogP contribution < -0.4 is 5.56 Å². The van der Waals surface area contributed by atoms with E-state index in [2.05, 4.69) is 4.98 Å². The molecular formula is C11H11ClN2O. The normalized spacial score (nSPS) is 10.9. The summed E-state index contributed by atoms with van der Waals surface area (Å²) in [5.41, 5.74) is 1.53. The smallest absolute Gasteiger partial charge is 0.262 e. The van der Waals surface area contributed by atoms with Gasteiger partial charge in [0.2, 0.25) is 5.28 Å². The molecule has 15 heavy (non-hydrogen) atoms. The Bertz CT molecular complexity index is 575. The van der Waals surface area contributed by atoms with Crippen LogP contribution in [0.2, 0.25) is 5.28 Å². The molecule has 0 aliphatic heterocycles. The van der Waals surface area contributed by atoms with E-state index in [1.807, 2.05) is 26.0 Å². The predicted octanol–water partition coefficient (Wildman–Crippen LogP) is 2.38. The van der Waals surface area contributed by atoms with E-state index in [1.54, 1.807) is 6.07 Å². The lowest BCUT2D eigenvalue weighted by Gasteiger charge is -2.07. The van der Waals surface area contributed by atoms with Crippen molar-refractivity contribution < 1.29 is 0 Å². The van der Waals surface area contributed by atoms with E-state index in [0.717, 1.165) is 5.56 Å². The van der Waals surface area contributed by atoms with E-state index in [0.29, 0.717) is 17.4 Å². The number of halogens is 1. The van der Waals surface area contributed by atoms with Crippen LogP contribution in [0.4, 0.5) is 0 Å². The minimum atomic E-state index is -0.0643. The quantitative estimate of drug-likeness (QED) is 0.695. The molecule has 0 atom stereocenters. The van der Waals surface area contributed by atoms with Gasteiger partial charge in [-0.1, -0.05) is 12.1 Å². The number of rotatable bonds is 1. The molecule has 0 aliphatic carbocycles. The number of nitrogens with zero attached hydrogens (tertiary/aromatic N) is 2. The van der Waals surface area contributed by atoms with Crippen LogP contribution in [0.1, 0.15) is 12.5 Å². The molecule has 0 saturated heterocycles. The van der Waals surface area contributed by atoms with E-state index in [4.69, 9.17) is 11.6 Å². The van der Waals surface area contributed by atoms with Crippen LogP contribution in [-0.2, 0) is 6.54 Å². The van der Waals surface area contributed by atoms with Crippen molar-refractivity contribution in [2.24, 2.45) is 0 Å². The second kappa shape index (κ2) is 3.66. The molecule has 0 N–H and O–H groups in total. The van der Waals surface area contributed by atoms with Gasteiger partial charge in [0.25, 0.3) is 5.56 Å². The maximum absolute atomic E-state index is 12.0. The summed E-state index contributed by atoms with van der Waals surface area (Å²) in [4.78, 5) is 16.2. The number of benzene rings is 1. The van der Waals surface area contributed by atoms with Gasteiger partial charge in [-0.25, -0.2) is 4.98 Å². The molecule has 4 heteroatoms. The number of hydrogen-bond acceptors (Lipinski definition) is 2. The molecule has 0 bridgehead atoms. The Hall–Kier alpha value is -1.35. The van der Waals surface area contributed by atoms with E-state index in [-0.39, 0.29) is 10.8 Å². The third-order valence-corrected chi connectivity index (χ3v) is 2.75. The van der Waals surface area contributed by atoms with Crippen LogP contribution in [0, 0.1) is 6.92 Å². The van der Waals surface area contributed by atoms with Crippen LogP contribution in [0.5, 0.6) is 0 Å². The Kier molecular flexibility index (Phi) is 2.49. The standard InChI is InChI=1S/C11H11ClN2O/c1-3-14-10(15)9-7(2)5-4-6-8(9)13-11(14)12/h4-6H,3H2,1-2H3. The summed E-state index contributed by atoms with van der Waals surface area (Å²) < 4.78 is 1.47. The van der Waals surface area contributed by atoms with Crippen LogP contribution >= 0.6 is 11.6 Å². The molecule has 0 saturated carbocycles. The van der Waals surface area contributed by atoms with Gasteiger partial charge in [-0.2, -0.15) is 0 Å². The fraction of sp³-hybridized carbons (Fsp3) is 0.273. The van der Waals surface area contributed by atoms with Gasteiger partial charge in [0, 0.05) is 6.54 Å². The van der Waals surface area contributed by atoms with Crippen molar-refractivity contribution in [3.8, 4) is 0 Å². The number of aromatic nitrogens is 2. The van der Waals surface area contributed by atoms with Gasteiger partial charge in [0.1, 0.15) is 0 Å². The van der Waals surface area contributed by atoms with Gasteiger partial charge >= 0.3 is 0 Å². The van der Waals surface area contributed by atoms with Gasteiger partial charge in [-0.3, -0.25) is 9.36 Å². The van der Waals surface area contributed by atoms with Crippen LogP contribution in [0.3, 0.4) is 0 Å². The molecular weight excluding hydrogens is 212 g/mol. The van der Waals surface area contributed by atoms with Crippen LogP contribution in [0.25, 0.3) is 10.9 Å². The van der Waals surface area contributed by atoms with Gasteiger partial charge in [0.15, 0.2) is 0 Å². The first-order chi connectivity index (χ1) is 7.15. The molecule has 0 amide bonds. The third-order valence-electron chi connectivity index (χ3n) is 2.46. The molecule has 3 nitrogen and oxygen atoms in total. The molecule has 2 rings (SSSR count). The first-order valence-electron chi connectivity index (χ1n) is 4.80. The first kappa shape index (κ1) is 10.2. The number of aryl methyl sites for hydroxylation is 1. The van der Waals surface area contributed by atoms with Crippen molar-refractivity contribution in [3.63, 3.8) is 0 Å². The summed E-state index contributed by atoms with van der Waals surface area (Å²) in [7, 11) is 0. The summed E-state index contributed by atoms with van der Waals surface area (Å²) >= 11 is 5.91. The Labute approximate surface area is 92.3 Å². The molecule has 0 unspecified atom stereocenters. The van der Waals surface area contributed by atoms with E-state index < -0.39 is 0 Å². The minimum Gasteiger partial charge on any atom is -0.283 e. The predicted molar refractivity (Wildman–Crippen MR) is 61.4 cm³/mol. The van der Waals surface area contributed by atoms with Crippen molar-refractivity contribution in [2.75, 3.05) is 0 Å². The summed E-state index contributed by atoms with van der Waals surface area (Å²) in [6, 6.07) is 5.58. The molecule has 1 aromatic heterocycles. The Morgan fingerprint density at radius 1 is 1.47 bits per heavy atom. The van der Waals surface area contributed by atoms with Gasteiger partial charge in [0.05, 0.1) is 10.9 Å². The lowest BCUT2D eigenvalue weighted by atomic mass is 10.1. The molecule has 0 radical (unpaired) electrons. The lowest BCUT2D eigenvalue weighted by molar-refractivity contribution is 0.718. The Balaban J connectivity index is 2.99. The maximum Gasteiger partial charge on any atom is 0.262 e. The van der Waals surface area contributed by atoms with E-state index in [9.17, 15) is 4.79 Å². The molecule has 1 heterocycles. The van der Waals surface area contributed by atoms with Gasteiger partial charge < -0.3 is 0 Å². The highest BCUT2D eigenvalue weighted by molar-refractivity contribution is 6.28. The molecule has 78 valence electrons. The summed E-state index contributed by atoms with van der Waals surface area (Å²) in [6.45, 7) is 4.31. The van der Waals surface area contributed by atoms with Crippen molar-refractivity contribution >= 4 is 22.5 Å². The van der Waals surface area contributed by atoms with Crippen LogP contribution in [0.15, 0.2) is 23.0 Å². The second-order valence-corrected chi connectivity index (χ2v) is 3.74. The molecule has 0 fully saturated rings. The summed E-state index contributed by atoms with van der Waals surface area (Å²) in [5, 5.41) is 0.907. The fourth-order valence-electron chi connectivity index (χ4n) is 1.68. The highest BCUT2D eigenvalue weighted by Crippen LogP contribution is 2.14. The topological polar surface area (TPSA) is 34.9 Å². The zero-order valence-electron chi connectivity index (χ0n) is 8.62. The molecule has 2 aromatic rings. The van der Waals surface area contributed by atoms with Crippen molar-refractivity contribution in [2.45, 2.75) is 20.4 Å². The Morgan fingerprint density at radius 2 is 2.20 bits per heavy atom. The Morgan fingerprint density at radius 3 is 2.87 bits per heavy atom. The zero-order chi connectivity index (χ0) is 11.0. The van der Waals surface area contributed by atoms with E-state index in [1.165, 1.54) is 4.57 Å². The lowest BCUT2D eigenvalue weighted by Crippen LogP contribution is -2.21. The highest BCUT2D eigenvalue weighted by atomic mass is 35.5. The fourth-order valence-corrected chi connectivity index (χ4v) is 1.96. The van der Waals surface area contributed by atoms with Crippen molar-refractivity contribution in [3.05, 3.63) is 39.4 Å². The molecule has 0 aliphatic rings. The molecule has 0 spiro atoms. The average molecular weight is 223 g/mol. The van der Waals surface area contributed by atoms with Gasteiger partial charge in [-0.05, 0) is 37.1 Å². The first-order valence-corrected chi connectivity index (χ1v) is 5.18. The SMILES string of the molecule is CCn1c(Cl)nc2cccc(C)c2c1=O. The summed E-state index contributed by atoms with van der Waals surface area (Å²) in [5.74, 6) is 0. The van der Waals surface area contributed by atoms with Crippen LogP contribution in [-0.4, -0.2) is 9.55 Å². The van der Waals surface area contributed by atoms with Crippen molar-refractivity contribution in [1.29, 1.82) is 0 Å². The number of hydrogen-bond donors (Lipinski definition) is 0. The largest absolute Gasteiger partial charge is 0.283 e. The van der Waals surface area contributed by atoms with Gasteiger partial charge in [-0.15, -0.1) is 0 Å². The maximum atomic E-state index is 12.0. The second-order valence-electron chi connectivity index (χ2n) is 3.40. The summed E-state index contributed by atoms with van der Waals surface area (Å²) in [6.07, 6.45) is 0. The van der Waals surface area contributed by atoms with E-state index >= 15 is 0 Å². The third kappa shape index (κ3) is 1.53. The number of fused-ring (bicyclic) bond motifs is 1. The molecule has 1 aromatic carbocycles. The minimum absolute atomic E-state index is 0.0643. The zero-order valence-corrected chi connectivity index (χ0v) is 9.38. The highest BCUT2D eigenvalue weighted by Gasteiger charge is 2.09. The monoisotopic (exact) mass is 222 g/mol. The average Bonchev–Trinajstić information content (AvgIpc) is 2.17. The van der Waals surface area contributed by atoms with Crippen molar-refractivity contribution in [1.82, 2.24) is 9.55 Å².